The summed E-state index contributed by atoms with van der Waals surface area (Å²) in [6, 6.07) is 0. The van der Waals surface area contributed by atoms with Crippen LogP contribution in [0.2, 0.25) is 0 Å². The molecule has 0 aromatic carbocycles. The van der Waals surface area contributed by atoms with Crippen LogP contribution in [0.25, 0.3) is 0 Å². The van der Waals surface area contributed by atoms with Crippen molar-refractivity contribution in [1.82, 2.24) is 5.32 Å². The summed E-state index contributed by atoms with van der Waals surface area (Å²) in [7, 11) is 0. The summed E-state index contributed by atoms with van der Waals surface area (Å²) in [6.07, 6.45) is 9.66. The van der Waals surface area contributed by atoms with Gasteiger partial charge in [0.1, 0.15) is 0 Å². The molecular weight excluding hydrogens is 246 g/mol. The fourth-order valence-corrected chi connectivity index (χ4v) is 4.40. The molecule has 2 bridgehead atoms. The Hall–Kier alpha value is -0.0800. The molecule has 0 aromatic rings. The Morgan fingerprint density at radius 2 is 2.10 bits per heavy atom. The van der Waals surface area contributed by atoms with E-state index in [4.69, 9.17) is 4.74 Å². The number of unbranched alkanes of at least 4 members (excludes halogenated alkanes) is 1. The minimum absolute atomic E-state index is 0.560. The number of hydrogen-bond donors (Lipinski definition) is 1. The first kappa shape index (κ1) is 16.3. The van der Waals surface area contributed by atoms with Gasteiger partial charge in [-0.3, -0.25) is 0 Å². The molecule has 0 amide bonds. The summed E-state index contributed by atoms with van der Waals surface area (Å²) >= 11 is 0. The van der Waals surface area contributed by atoms with Gasteiger partial charge in [-0.25, -0.2) is 0 Å². The van der Waals surface area contributed by atoms with Gasteiger partial charge in [0.25, 0.3) is 0 Å². The third-order valence-electron chi connectivity index (χ3n) is 5.52. The smallest absolute Gasteiger partial charge is 0.0471 e. The molecule has 2 aliphatic carbocycles. The number of hydrogen-bond acceptors (Lipinski definition) is 2. The number of rotatable bonds is 10. The zero-order valence-corrected chi connectivity index (χ0v) is 13.9. The van der Waals surface area contributed by atoms with E-state index in [1.54, 1.807) is 0 Å². The lowest BCUT2D eigenvalue weighted by Crippen LogP contribution is -2.40. The van der Waals surface area contributed by atoms with E-state index in [1.165, 1.54) is 51.5 Å². The highest BCUT2D eigenvalue weighted by molar-refractivity contribution is 5.01. The van der Waals surface area contributed by atoms with Gasteiger partial charge in [0.2, 0.25) is 0 Å². The van der Waals surface area contributed by atoms with E-state index in [2.05, 4.69) is 26.1 Å². The van der Waals surface area contributed by atoms with Crippen LogP contribution in [0.3, 0.4) is 0 Å². The van der Waals surface area contributed by atoms with E-state index in [9.17, 15) is 0 Å². The van der Waals surface area contributed by atoms with E-state index < -0.39 is 0 Å². The molecule has 0 spiro atoms. The van der Waals surface area contributed by atoms with E-state index in [1.807, 2.05) is 0 Å². The fourth-order valence-electron chi connectivity index (χ4n) is 4.40. The van der Waals surface area contributed by atoms with Gasteiger partial charge in [-0.1, -0.05) is 33.6 Å². The van der Waals surface area contributed by atoms with E-state index >= 15 is 0 Å². The highest BCUT2D eigenvalue weighted by atomic mass is 16.5. The number of nitrogens with one attached hydrogen (secondary N) is 1. The van der Waals surface area contributed by atoms with Crippen molar-refractivity contribution in [2.75, 3.05) is 26.3 Å². The fraction of sp³-hybridized carbons (Fsp3) is 1.00. The van der Waals surface area contributed by atoms with Gasteiger partial charge in [-0.05, 0) is 61.8 Å². The van der Waals surface area contributed by atoms with E-state index in [0.717, 1.165) is 37.5 Å². The molecule has 2 rings (SSSR count). The summed E-state index contributed by atoms with van der Waals surface area (Å²) in [5.41, 5.74) is 0.560. The van der Waals surface area contributed by atoms with Crippen LogP contribution < -0.4 is 5.32 Å². The Labute approximate surface area is 126 Å². The quantitative estimate of drug-likeness (QED) is 0.605. The molecule has 0 aliphatic heterocycles. The molecule has 118 valence electrons. The molecule has 2 fully saturated rings. The van der Waals surface area contributed by atoms with Crippen LogP contribution in [0.4, 0.5) is 0 Å². The Balaban J connectivity index is 1.78. The monoisotopic (exact) mass is 281 g/mol. The second-order valence-corrected chi connectivity index (χ2v) is 7.68. The maximum absolute atomic E-state index is 5.87. The molecule has 0 radical (unpaired) electrons. The average Bonchev–Trinajstić information content (AvgIpc) is 2.99. The molecule has 3 unspecified atom stereocenters. The van der Waals surface area contributed by atoms with Gasteiger partial charge in [0.05, 0.1) is 0 Å². The van der Waals surface area contributed by atoms with Crippen molar-refractivity contribution in [2.45, 2.75) is 65.7 Å². The SMILES string of the molecule is CCCCOCCC1(CNCC(C)C)CC2CCC1C2. The van der Waals surface area contributed by atoms with Crippen LogP contribution in [0.15, 0.2) is 0 Å². The van der Waals surface area contributed by atoms with Crippen molar-refractivity contribution in [2.24, 2.45) is 23.2 Å². The highest BCUT2D eigenvalue weighted by Crippen LogP contribution is 2.57. The average molecular weight is 281 g/mol. The van der Waals surface area contributed by atoms with Crippen LogP contribution >= 0.6 is 0 Å². The minimum atomic E-state index is 0.560. The Bertz CT molecular complexity index is 279. The topological polar surface area (TPSA) is 21.3 Å². The van der Waals surface area contributed by atoms with E-state index in [-0.39, 0.29) is 0 Å². The zero-order valence-electron chi connectivity index (χ0n) is 13.9. The first-order chi connectivity index (χ1) is 9.66. The molecule has 0 saturated heterocycles. The lowest BCUT2D eigenvalue weighted by atomic mass is 9.71. The first-order valence-electron chi connectivity index (χ1n) is 8.95. The third kappa shape index (κ3) is 4.21. The second-order valence-electron chi connectivity index (χ2n) is 7.68. The number of ether oxygens (including phenoxy) is 1. The summed E-state index contributed by atoms with van der Waals surface area (Å²) in [4.78, 5) is 0. The van der Waals surface area contributed by atoms with Crippen LogP contribution in [-0.2, 0) is 4.74 Å². The predicted molar refractivity (Wildman–Crippen MR) is 85.9 cm³/mol. The normalized spacial score (nSPS) is 32.4. The van der Waals surface area contributed by atoms with Gasteiger partial charge in [0, 0.05) is 19.8 Å². The maximum Gasteiger partial charge on any atom is 0.0471 e. The molecule has 1 N–H and O–H groups in total. The Morgan fingerprint density at radius 3 is 2.70 bits per heavy atom. The summed E-state index contributed by atoms with van der Waals surface area (Å²) in [6.45, 7) is 11.2. The summed E-state index contributed by atoms with van der Waals surface area (Å²) in [5.74, 6) is 2.75. The molecule has 20 heavy (non-hydrogen) atoms. The van der Waals surface area contributed by atoms with Gasteiger partial charge in [0.15, 0.2) is 0 Å². The molecule has 2 nitrogen and oxygen atoms in total. The lowest BCUT2D eigenvalue weighted by molar-refractivity contribution is 0.0613. The van der Waals surface area contributed by atoms with Crippen LogP contribution in [0, 0.1) is 23.2 Å². The van der Waals surface area contributed by atoms with E-state index in [0.29, 0.717) is 5.41 Å². The molecular formula is C18H35NO. The zero-order chi connectivity index (χ0) is 14.4. The van der Waals surface area contributed by atoms with Crippen molar-refractivity contribution in [3.63, 3.8) is 0 Å². The second kappa shape index (κ2) is 7.79. The van der Waals surface area contributed by atoms with Crippen LogP contribution in [-0.4, -0.2) is 26.3 Å². The molecule has 0 aromatic heterocycles. The van der Waals surface area contributed by atoms with Gasteiger partial charge in [-0.15, -0.1) is 0 Å². The van der Waals surface area contributed by atoms with Gasteiger partial charge >= 0.3 is 0 Å². The molecule has 0 heterocycles. The van der Waals surface area contributed by atoms with Crippen LogP contribution in [0.1, 0.15) is 65.7 Å². The molecule has 2 saturated carbocycles. The number of fused-ring (bicyclic) bond motifs is 2. The lowest BCUT2D eigenvalue weighted by Gasteiger charge is -2.38. The summed E-state index contributed by atoms with van der Waals surface area (Å²) in [5, 5.41) is 3.75. The Kier molecular flexibility index (Phi) is 6.35. The molecule has 2 heteroatoms. The van der Waals surface area contributed by atoms with Crippen molar-refractivity contribution in [3.05, 3.63) is 0 Å². The van der Waals surface area contributed by atoms with Crippen molar-refractivity contribution >= 4 is 0 Å². The minimum Gasteiger partial charge on any atom is -0.381 e. The van der Waals surface area contributed by atoms with Crippen molar-refractivity contribution in [1.29, 1.82) is 0 Å². The molecule has 3 atom stereocenters. The maximum atomic E-state index is 5.87. The van der Waals surface area contributed by atoms with Gasteiger partial charge in [-0.2, -0.15) is 0 Å². The third-order valence-corrected chi connectivity index (χ3v) is 5.52. The first-order valence-corrected chi connectivity index (χ1v) is 8.95. The standard InChI is InChI=1S/C18H35NO/c1-4-5-9-20-10-8-18(14-19-13-15(2)3)12-16-6-7-17(18)11-16/h15-17,19H,4-14H2,1-3H3. The molecule has 2 aliphatic rings. The van der Waals surface area contributed by atoms with Crippen LogP contribution in [0.5, 0.6) is 0 Å². The van der Waals surface area contributed by atoms with Gasteiger partial charge < -0.3 is 10.1 Å². The van der Waals surface area contributed by atoms with Crippen molar-refractivity contribution < 1.29 is 4.74 Å². The summed E-state index contributed by atoms with van der Waals surface area (Å²) < 4.78 is 5.87. The predicted octanol–water partition coefficient (Wildman–Crippen LogP) is 4.25. The highest BCUT2D eigenvalue weighted by Gasteiger charge is 2.49. The van der Waals surface area contributed by atoms with Crippen molar-refractivity contribution in [3.8, 4) is 0 Å². The Morgan fingerprint density at radius 1 is 1.25 bits per heavy atom. The largest absolute Gasteiger partial charge is 0.381 e.